The van der Waals surface area contributed by atoms with E-state index in [2.05, 4.69) is 10.3 Å². The molecular weight excluding hydrogens is 388 g/mol. The van der Waals surface area contributed by atoms with E-state index in [9.17, 15) is 9.59 Å². The summed E-state index contributed by atoms with van der Waals surface area (Å²) >= 11 is 0. The normalized spacial score (nSPS) is 11.1. The lowest BCUT2D eigenvalue weighted by Crippen LogP contribution is -2.44. The maximum absolute atomic E-state index is 12.9. The molecule has 0 fully saturated rings. The Bertz CT molecular complexity index is 1040. The van der Waals surface area contributed by atoms with Crippen molar-refractivity contribution >= 4 is 17.8 Å². The molecule has 6 nitrogen and oxygen atoms in total. The number of aryl methyl sites for hydroxylation is 1. The molecule has 2 amide bonds. The fourth-order valence-corrected chi connectivity index (χ4v) is 3.28. The zero-order chi connectivity index (χ0) is 22.5. The number of hydrogen-bond acceptors (Lipinski definition) is 3. The van der Waals surface area contributed by atoms with Crippen LogP contribution in [-0.4, -0.2) is 38.9 Å². The largest absolute Gasteiger partial charge is 0.331 e. The number of imidazole rings is 1. The third kappa shape index (κ3) is 5.40. The van der Waals surface area contributed by atoms with Crippen molar-refractivity contribution in [1.82, 2.24) is 14.5 Å². The Morgan fingerprint density at radius 2 is 1.65 bits per heavy atom. The number of nitrogens with zero attached hydrogens (tertiary/aromatic N) is 3. The van der Waals surface area contributed by atoms with Crippen molar-refractivity contribution in [2.75, 3.05) is 11.9 Å². The van der Waals surface area contributed by atoms with Crippen LogP contribution in [0, 0.1) is 12.8 Å². The van der Waals surface area contributed by atoms with E-state index in [0.29, 0.717) is 5.95 Å². The molecule has 0 bridgehead atoms. The van der Waals surface area contributed by atoms with Gasteiger partial charge in [-0.2, -0.15) is 0 Å². The number of rotatable bonds is 7. The minimum Gasteiger partial charge on any atom is -0.331 e. The van der Waals surface area contributed by atoms with Gasteiger partial charge in [0.15, 0.2) is 0 Å². The predicted octanol–water partition coefficient (Wildman–Crippen LogP) is 4.68. The molecule has 1 aromatic heterocycles. The molecule has 6 heteroatoms. The topological polar surface area (TPSA) is 67.2 Å². The van der Waals surface area contributed by atoms with Gasteiger partial charge in [-0.25, -0.2) is 4.98 Å². The van der Waals surface area contributed by atoms with Gasteiger partial charge >= 0.3 is 0 Å². The van der Waals surface area contributed by atoms with Crippen molar-refractivity contribution in [2.24, 2.45) is 5.92 Å². The third-order valence-electron chi connectivity index (χ3n) is 5.05. The highest BCUT2D eigenvalue weighted by molar-refractivity contribution is 5.94. The number of benzene rings is 2. The van der Waals surface area contributed by atoms with Crippen LogP contribution in [0.4, 0.5) is 5.95 Å². The van der Waals surface area contributed by atoms with Crippen molar-refractivity contribution in [2.45, 2.75) is 40.7 Å². The standard InChI is InChI=1S/C25H30N4O2/c1-17(2)24(31)28(18(3)4)16-23(30)27-25-26-22(20-9-7-6-8-10-20)15-29(25)21-13-11-19(5)12-14-21/h6-15,17-18H,16H2,1-5H3,(H,26,27,30). The van der Waals surface area contributed by atoms with Crippen molar-refractivity contribution in [3.63, 3.8) is 0 Å². The third-order valence-corrected chi connectivity index (χ3v) is 5.05. The van der Waals surface area contributed by atoms with Gasteiger partial charge in [0.2, 0.25) is 17.8 Å². The molecule has 31 heavy (non-hydrogen) atoms. The van der Waals surface area contributed by atoms with Crippen LogP contribution in [0.25, 0.3) is 16.9 Å². The number of anilines is 1. The highest BCUT2D eigenvalue weighted by Crippen LogP contribution is 2.24. The van der Waals surface area contributed by atoms with Gasteiger partial charge in [0.05, 0.1) is 5.69 Å². The number of aromatic nitrogens is 2. The molecule has 1 N–H and O–H groups in total. The first-order valence-electron chi connectivity index (χ1n) is 10.6. The van der Waals surface area contributed by atoms with Crippen LogP contribution >= 0.6 is 0 Å². The smallest absolute Gasteiger partial charge is 0.246 e. The second-order valence-corrected chi connectivity index (χ2v) is 8.28. The Labute approximate surface area is 183 Å². The molecule has 0 aliphatic carbocycles. The summed E-state index contributed by atoms with van der Waals surface area (Å²) in [5.41, 5.74) is 3.77. The van der Waals surface area contributed by atoms with E-state index in [1.165, 1.54) is 0 Å². The summed E-state index contributed by atoms with van der Waals surface area (Å²) in [6.45, 7) is 9.51. The molecule has 0 saturated carbocycles. The summed E-state index contributed by atoms with van der Waals surface area (Å²) in [4.78, 5) is 31.7. The van der Waals surface area contributed by atoms with Gasteiger partial charge in [0.25, 0.3) is 0 Å². The van der Waals surface area contributed by atoms with E-state index in [4.69, 9.17) is 0 Å². The molecule has 1 heterocycles. The van der Waals surface area contributed by atoms with E-state index >= 15 is 0 Å². The van der Waals surface area contributed by atoms with Gasteiger partial charge in [-0.15, -0.1) is 0 Å². The number of carbonyl (C=O) groups is 2. The van der Waals surface area contributed by atoms with Gasteiger partial charge in [-0.1, -0.05) is 61.9 Å². The molecule has 3 aromatic rings. The maximum Gasteiger partial charge on any atom is 0.246 e. The maximum atomic E-state index is 12.9. The van der Waals surface area contributed by atoms with Crippen molar-refractivity contribution < 1.29 is 9.59 Å². The molecule has 162 valence electrons. The molecule has 0 aliphatic rings. The van der Waals surface area contributed by atoms with Crippen LogP contribution in [-0.2, 0) is 9.59 Å². The second-order valence-electron chi connectivity index (χ2n) is 8.28. The van der Waals surface area contributed by atoms with Crippen LogP contribution in [0.2, 0.25) is 0 Å². The molecule has 0 unspecified atom stereocenters. The minimum atomic E-state index is -0.277. The summed E-state index contributed by atoms with van der Waals surface area (Å²) in [7, 11) is 0. The van der Waals surface area contributed by atoms with Crippen LogP contribution in [0.3, 0.4) is 0 Å². The van der Waals surface area contributed by atoms with Gasteiger partial charge in [0.1, 0.15) is 6.54 Å². The first kappa shape index (κ1) is 22.3. The average molecular weight is 419 g/mol. The van der Waals surface area contributed by atoms with E-state index in [0.717, 1.165) is 22.5 Å². The Hall–Kier alpha value is -3.41. The lowest BCUT2D eigenvalue weighted by atomic mass is 10.1. The molecule has 0 aliphatic heterocycles. The summed E-state index contributed by atoms with van der Waals surface area (Å²) in [6, 6.07) is 17.8. The number of nitrogens with one attached hydrogen (secondary N) is 1. The van der Waals surface area contributed by atoms with Crippen molar-refractivity contribution in [1.29, 1.82) is 0 Å². The summed E-state index contributed by atoms with van der Waals surface area (Å²) < 4.78 is 1.86. The molecule has 0 spiro atoms. The van der Waals surface area contributed by atoms with Crippen molar-refractivity contribution in [3.8, 4) is 16.9 Å². The first-order chi connectivity index (χ1) is 14.8. The van der Waals surface area contributed by atoms with Crippen molar-refractivity contribution in [3.05, 3.63) is 66.4 Å². The van der Waals surface area contributed by atoms with Crippen LogP contribution < -0.4 is 5.32 Å². The highest BCUT2D eigenvalue weighted by Gasteiger charge is 2.23. The number of hydrogen-bond donors (Lipinski definition) is 1. The Kier molecular flexibility index (Phi) is 6.90. The summed E-state index contributed by atoms with van der Waals surface area (Å²) in [5.74, 6) is -0.0684. The first-order valence-corrected chi connectivity index (χ1v) is 10.6. The lowest BCUT2D eigenvalue weighted by molar-refractivity contribution is -0.139. The van der Waals surface area contributed by atoms with E-state index in [-0.39, 0.29) is 30.3 Å². The molecular formula is C25H30N4O2. The predicted molar refractivity (Wildman–Crippen MR) is 124 cm³/mol. The SMILES string of the molecule is Cc1ccc(-n2cc(-c3ccccc3)nc2NC(=O)CN(C(=O)C(C)C)C(C)C)cc1. The van der Waals surface area contributed by atoms with Gasteiger partial charge < -0.3 is 4.90 Å². The summed E-state index contributed by atoms with van der Waals surface area (Å²) in [6.07, 6.45) is 1.91. The minimum absolute atomic E-state index is 0.0177. The molecule has 3 rings (SSSR count). The highest BCUT2D eigenvalue weighted by atomic mass is 16.2. The monoisotopic (exact) mass is 418 g/mol. The molecule has 0 atom stereocenters. The Balaban J connectivity index is 1.91. The van der Waals surface area contributed by atoms with E-state index in [1.54, 1.807) is 4.90 Å². The lowest BCUT2D eigenvalue weighted by Gasteiger charge is -2.27. The fourth-order valence-electron chi connectivity index (χ4n) is 3.28. The molecule has 0 saturated heterocycles. The fraction of sp³-hybridized carbons (Fsp3) is 0.320. The van der Waals surface area contributed by atoms with Crippen LogP contribution in [0.15, 0.2) is 60.8 Å². The van der Waals surface area contributed by atoms with Gasteiger partial charge in [0, 0.05) is 29.4 Å². The molecule has 0 radical (unpaired) electrons. The average Bonchev–Trinajstić information content (AvgIpc) is 3.16. The van der Waals surface area contributed by atoms with Crippen LogP contribution in [0.5, 0.6) is 0 Å². The Morgan fingerprint density at radius 1 is 1.00 bits per heavy atom. The zero-order valence-electron chi connectivity index (χ0n) is 18.8. The summed E-state index contributed by atoms with van der Waals surface area (Å²) in [5, 5.41) is 2.91. The molecule has 2 aromatic carbocycles. The van der Waals surface area contributed by atoms with Crippen LogP contribution in [0.1, 0.15) is 33.3 Å². The zero-order valence-corrected chi connectivity index (χ0v) is 18.8. The quantitative estimate of drug-likeness (QED) is 0.606. The second kappa shape index (κ2) is 9.60. The number of carbonyl (C=O) groups excluding carboxylic acids is 2. The van der Waals surface area contributed by atoms with Gasteiger partial charge in [-0.3, -0.25) is 19.5 Å². The van der Waals surface area contributed by atoms with Gasteiger partial charge in [-0.05, 0) is 32.9 Å². The van der Waals surface area contributed by atoms with E-state index in [1.807, 2.05) is 100.0 Å². The Morgan fingerprint density at radius 3 is 2.23 bits per heavy atom. The number of amides is 2. The van der Waals surface area contributed by atoms with E-state index < -0.39 is 0 Å².